The topological polar surface area (TPSA) is 92.2 Å². The van der Waals surface area contributed by atoms with Gasteiger partial charge in [-0.3, -0.25) is 4.79 Å². The number of amides is 1. The van der Waals surface area contributed by atoms with Crippen LogP contribution in [-0.2, 0) is 6.42 Å². The molecule has 0 atom stereocenters. The minimum atomic E-state index is -1.32. The van der Waals surface area contributed by atoms with Crippen LogP contribution in [0.5, 0.6) is 0 Å². The molecule has 0 spiro atoms. The Kier molecular flexibility index (Phi) is 4.59. The SMILES string of the molecule is CCCc1nnsc1C(=O)Nc1c(F)cccc1C(=O)O. The normalized spacial score (nSPS) is 10.4. The number of carboxylic acid groups (broad SMARTS) is 1. The number of nitrogens with one attached hydrogen (secondary N) is 1. The zero-order chi connectivity index (χ0) is 15.4. The van der Waals surface area contributed by atoms with Gasteiger partial charge in [0.2, 0.25) is 0 Å². The number of aromatic nitrogens is 2. The van der Waals surface area contributed by atoms with E-state index in [1.807, 2.05) is 6.92 Å². The molecule has 1 amide bonds. The molecule has 2 aromatic rings. The lowest BCUT2D eigenvalue weighted by Gasteiger charge is -2.08. The van der Waals surface area contributed by atoms with Crippen LogP contribution in [0.3, 0.4) is 0 Å². The number of rotatable bonds is 5. The van der Waals surface area contributed by atoms with Crippen LogP contribution in [0.15, 0.2) is 18.2 Å². The van der Waals surface area contributed by atoms with Gasteiger partial charge in [-0.1, -0.05) is 23.9 Å². The van der Waals surface area contributed by atoms with Crippen LogP contribution in [0, 0.1) is 5.82 Å². The highest BCUT2D eigenvalue weighted by molar-refractivity contribution is 7.08. The van der Waals surface area contributed by atoms with Crippen molar-refractivity contribution in [2.24, 2.45) is 0 Å². The van der Waals surface area contributed by atoms with Crippen LogP contribution >= 0.6 is 11.5 Å². The predicted molar refractivity (Wildman–Crippen MR) is 75.2 cm³/mol. The smallest absolute Gasteiger partial charge is 0.337 e. The first-order chi connectivity index (χ1) is 10.0. The molecular weight excluding hydrogens is 297 g/mol. The molecule has 0 bridgehead atoms. The molecule has 0 aliphatic rings. The molecule has 0 fully saturated rings. The third-order valence-corrected chi connectivity index (χ3v) is 3.50. The van der Waals surface area contributed by atoms with Gasteiger partial charge in [0, 0.05) is 0 Å². The Hall–Kier alpha value is -2.35. The summed E-state index contributed by atoms with van der Waals surface area (Å²) < 4.78 is 17.5. The Morgan fingerprint density at radius 1 is 1.43 bits per heavy atom. The van der Waals surface area contributed by atoms with E-state index in [2.05, 4.69) is 14.9 Å². The summed E-state index contributed by atoms with van der Waals surface area (Å²) in [6.45, 7) is 1.93. The van der Waals surface area contributed by atoms with Crippen LogP contribution in [0.25, 0.3) is 0 Å². The highest BCUT2D eigenvalue weighted by atomic mass is 32.1. The molecule has 2 N–H and O–H groups in total. The Balaban J connectivity index is 2.32. The Bertz CT molecular complexity index is 687. The number of carboxylic acids is 1. The summed E-state index contributed by atoms with van der Waals surface area (Å²) in [7, 11) is 0. The van der Waals surface area contributed by atoms with E-state index in [1.165, 1.54) is 12.1 Å². The number of benzene rings is 1. The average molecular weight is 309 g/mol. The summed E-state index contributed by atoms with van der Waals surface area (Å²) in [5.41, 5.74) is -0.142. The number of nitrogens with zero attached hydrogens (tertiary/aromatic N) is 2. The van der Waals surface area contributed by atoms with Crippen LogP contribution in [0.4, 0.5) is 10.1 Å². The summed E-state index contributed by atoms with van der Waals surface area (Å²) >= 11 is 0.894. The molecule has 8 heteroatoms. The van der Waals surface area contributed by atoms with Crippen LogP contribution < -0.4 is 5.32 Å². The standard InChI is InChI=1S/C13H12FN3O3S/c1-2-4-9-11(21-17-16-9)12(18)15-10-7(13(19)20)5-3-6-8(10)14/h3,5-6H,2,4H2,1H3,(H,15,18)(H,19,20). The summed E-state index contributed by atoms with van der Waals surface area (Å²) in [5, 5.41) is 15.2. The Labute approximate surface area is 123 Å². The van der Waals surface area contributed by atoms with Crippen LogP contribution in [0.2, 0.25) is 0 Å². The van der Waals surface area contributed by atoms with Crippen molar-refractivity contribution in [1.29, 1.82) is 0 Å². The largest absolute Gasteiger partial charge is 0.478 e. The molecule has 0 aliphatic heterocycles. The Morgan fingerprint density at radius 2 is 2.19 bits per heavy atom. The lowest BCUT2D eigenvalue weighted by Crippen LogP contribution is -2.16. The first-order valence-electron chi connectivity index (χ1n) is 6.19. The fraction of sp³-hybridized carbons (Fsp3) is 0.231. The Morgan fingerprint density at radius 3 is 2.86 bits per heavy atom. The summed E-state index contributed by atoms with van der Waals surface area (Å²) in [6, 6.07) is 3.57. The summed E-state index contributed by atoms with van der Waals surface area (Å²) in [4.78, 5) is 23.5. The van der Waals surface area contributed by atoms with Gasteiger partial charge in [-0.15, -0.1) is 5.10 Å². The van der Waals surface area contributed by atoms with Crippen molar-refractivity contribution < 1.29 is 19.1 Å². The van der Waals surface area contributed by atoms with Gasteiger partial charge in [0.15, 0.2) is 0 Å². The molecule has 0 unspecified atom stereocenters. The highest BCUT2D eigenvalue weighted by Gasteiger charge is 2.21. The van der Waals surface area contributed by atoms with Crippen molar-refractivity contribution in [3.8, 4) is 0 Å². The van der Waals surface area contributed by atoms with Crippen molar-refractivity contribution in [3.63, 3.8) is 0 Å². The van der Waals surface area contributed by atoms with Gasteiger partial charge in [-0.05, 0) is 30.1 Å². The molecular formula is C13H12FN3O3S. The number of para-hydroxylation sites is 1. The van der Waals surface area contributed by atoms with Gasteiger partial charge >= 0.3 is 5.97 Å². The van der Waals surface area contributed by atoms with Crippen molar-refractivity contribution in [1.82, 2.24) is 9.59 Å². The van der Waals surface area contributed by atoms with Crippen LogP contribution in [-0.4, -0.2) is 26.6 Å². The van der Waals surface area contributed by atoms with Crippen molar-refractivity contribution in [2.75, 3.05) is 5.32 Å². The second kappa shape index (κ2) is 6.40. The third-order valence-electron chi connectivity index (χ3n) is 2.73. The van der Waals surface area contributed by atoms with Gasteiger partial charge in [0.1, 0.15) is 10.7 Å². The molecule has 0 aliphatic carbocycles. The highest BCUT2D eigenvalue weighted by Crippen LogP contribution is 2.22. The number of aromatic carboxylic acids is 1. The first-order valence-corrected chi connectivity index (χ1v) is 6.96. The molecule has 1 aromatic heterocycles. The summed E-state index contributed by atoms with van der Waals surface area (Å²) in [5.74, 6) is -2.74. The van der Waals surface area contributed by atoms with E-state index >= 15 is 0 Å². The number of aryl methyl sites for hydroxylation is 1. The number of carbonyl (C=O) groups is 2. The molecule has 0 saturated carbocycles. The number of carbonyl (C=O) groups excluding carboxylic acids is 1. The van der Waals surface area contributed by atoms with Gasteiger partial charge in [0.25, 0.3) is 5.91 Å². The second-order valence-corrected chi connectivity index (χ2v) is 4.97. The van der Waals surface area contributed by atoms with Gasteiger partial charge in [-0.2, -0.15) is 0 Å². The molecule has 6 nitrogen and oxygen atoms in total. The third kappa shape index (κ3) is 3.22. The lowest BCUT2D eigenvalue weighted by atomic mass is 10.1. The molecule has 1 heterocycles. The quantitative estimate of drug-likeness (QED) is 0.885. The summed E-state index contributed by atoms with van der Waals surface area (Å²) in [6.07, 6.45) is 1.36. The minimum absolute atomic E-state index is 0.261. The van der Waals surface area contributed by atoms with E-state index in [9.17, 15) is 14.0 Å². The maximum atomic E-state index is 13.8. The zero-order valence-electron chi connectivity index (χ0n) is 11.1. The van der Waals surface area contributed by atoms with E-state index in [1.54, 1.807) is 0 Å². The molecule has 1 aromatic carbocycles. The maximum Gasteiger partial charge on any atom is 0.337 e. The van der Waals surface area contributed by atoms with E-state index < -0.39 is 17.7 Å². The maximum absolute atomic E-state index is 13.8. The van der Waals surface area contributed by atoms with E-state index in [0.29, 0.717) is 12.1 Å². The first kappa shape index (κ1) is 15.0. The number of hydrogen-bond acceptors (Lipinski definition) is 5. The van der Waals surface area contributed by atoms with Gasteiger partial charge in [0.05, 0.1) is 16.9 Å². The lowest BCUT2D eigenvalue weighted by molar-refractivity contribution is 0.0697. The second-order valence-electron chi connectivity index (χ2n) is 4.22. The monoisotopic (exact) mass is 309 g/mol. The number of halogens is 1. The number of anilines is 1. The predicted octanol–water partition coefficient (Wildman–Crippen LogP) is 2.58. The fourth-order valence-corrected chi connectivity index (χ4v) is 2.38. The van der Waals surface area contributed by atoms with Crippen molar-refractivity contribution in [2.45, 2.75) is 19.8 Å². The molecule has 21 heavy (non-hydrogen) atoms. The van der Waals surface area contributed by atoms with Crippen LogP contribution in [0.1, 0.15) is 39.1 Å². The van der Waals surface area contributed by atoms with E-state index in [-0.39, 0.29) is 16.1 Å². The van der Waals surface area contributed by atoms with Crippen molar-refractivity contribution >= 4 is 29.1 Å². The number of hydrogen-bond donors (Lipinski definition) is 2. The fourth-order valence-electron chi connectivity index (χ4n) is 1.78. The molecule has 110 valence electrons. The van der Waals surface area contributed by atoms with E-state index in [4.69, 9.17) is 5.11 Å². The van der Waals surface area contributed by atoms with E-state index in [0.717, 1.165) is 24.0 Å². The van der Waals surface area contributed by atoms with Gasteiger partial charge in [-0.25, -0.2) is 9.18 Å². The molecule has 2 rings (SSSR count). The van der Waals surface area contributed by atoms with Gasteiger partial charge < -0.3 is 10.4 Å². The minimum Gasteiger partial charge on any atom is -0.478 e. The van der Waals surface area contributed by atoms with Crippen molar-refractivity contribution in [3.05, 3.63) is 40.2 Å². The zero-order valence-corrected chi connectivity index (χ0v) is 11.9. The molecule has 0 saturated heterocycles. The molecule has 0 radical (unpaired) electrons. The average Bonchev–Trinajstić information content (AvgIpc) is 2.89.